The minimum absolute atomic E-state index is 0.0434. The van der Waals surface area contributed by atoms with E-state index in [0.29, 0.717) is 12.1 Å². The van der Waals surface area contributed by atoms with Crippen LogP contribution in [0.4, 0.5) is 0 Å². The van der Waals surface area contributed by atoms with E-state index in [2.05, 4.69) is 6.92 Å². The lowest BCUT2D eigenvalue weighted by Crippen LogP contribution is -2.56. The molecule has 64 valence electrons. The van der Waals surface area contributed by atoms with Crippen LogP contribution in [-0.2, 0) is 0 Å². The van der Waals surface area contributed by atoms with E-state index >= 15 is 0 Å². The van der Waals surface area contributed by atoms with Gasteiger partial charge in [-0.3, -0.25) is 5.84 Å². The molecule has 0 aromatic heterocycles. The third-order valence-corrected chi connectivity index (χ3v) is 3.08. The van der Waals surface area contributed by atoms with Crippen LogP contribution in [0.1, 0.15) is 32.6 Å². The normalized spacial score (nSPS) is 51.5. The fourth-order valence-corrected chi connectivity index (χ4v) is 2.56. The van der Waals surface area contributed by atoms with E-state index in [9.17, 15) is 0 Å². The maximum atomic E-state index is 6.08. The van der Waals surface area contributed by atoms with Gasteiger partial charge in [0.15, 0.2) is 0 Å². The second-order valence-electron chi connectivity index (χ2n) is 4.39. The standard InChI is InChI=1S/C8H17N3/c1-8(9)4-6-2-3-7(5-8)11(6)10/h6-7H,2-5,9-10H2,1H3/t6-,7+,8+. The van der Waals surface area contributed by atoms with Gasteiger partial charge in [0.25, 0.3) is 0 Å². The van der Waals surface area contributed by atoms with E-state index in [0.717, 1.165) is 12.8 Å². The Morgan fingerprint density at radius 1 is 1.27 bits per heavy atom. The minimum Gasteiger partial charge on any atom is -0.325 e. The molecule has 2 aliphatic heterocycles. The Hall–Kier alpha value is -0.120. The molecule has 11 heavy (non-hydrogen) atoms. The molecule has 0 aliphatic carbocycles. The number of piperidine rings is 1. The number of nitrogens with two attached hydrogens (primary N) is 2. The summed E-state index contributed by atoms with van der Waals surface area (Å²) in [7, 11) is 0. The maximum Gasteiger partial charge on any atom is 0.0262 e. The summed E-state index contributed by atoms with van der Waals surface area (Å²) in [6.45, 7) is 2.14. The van der Waals surface area contributed by atoms with Gasteiger partial charge in [-0.05, 0) is 32.6 Å². The van der Waals surface area contributed by atoms with Crippen molar-refractivity contribution in [2.24, 2.45) is 11.6 Å². The van der Waals surface area contributed by atoms with Crippen LogP contribution in [-0.4, -0.2) is 22.6 Å². The summed E-state index contributed by atoms with van der Waals surface area (Å²) in [5, 5.41) is 2.02. The van der Waals surface area contributed by atoms with Crippen LogP contribution in [0.5, 0.6) is 0 Å². The van der Waals surface area contributed by atoms with Crippen molar-refractivity contribution < 1.29 is 0 Å². The van der Waals surface area contributed by atoms with E-state index in [1.165, 1.54) is 12.8 Å². The summed E-state index contributed by atoms with van der Waals surface area (Å²) in [4.78, 5) is 0. The summed E-state index contributed by atoms with van der Waals surface area (Å²) in [5.74, 6) is 5.88. The van der Waals surface area contributed by atoms with Crippen LogP contribution in [0.3, 0.4) is 0 Å². The molecule has 2 fully saturated rings. The molecule has 0 aromatic rings. The third kappa shape index (κ3) is 1.17. The van der Waals surface area contributed by atoms with Crippen molar-refractivity contribution in [3.05, 3.63) is 0 Å². The van der Waals surface area contributed by atoms with Gasteiger partial charge < -0.3 is 5.73 Å². The Kier molecular flexibility index (Phi) is 1.50. The molecule has 0 saturated carbocycles. The highest BCUT2D eigenvalue weighted by Gasteiger charge is 2.42. The van der Waals surface area contributed by atoms with Crippen molar-refractivity contribution in [3.63, 3.8) is 0 Å². The highest BCUT2D eigenvalue weighted by atomic mass is 15.5. The van der Waals surface area contributed by atoms with E-state index in [-0.39, 0.29) is 5.54 Å². The van der Waals surface area contributed by atoms with Gasteiger partial charge >= 0.3 is 0 Å². The number of fused-ring (bicyclic) bond motifs is 2. The molecule has 0 aromatic carbocycles. The Morgan fingerprint density at radius 3 is 2.18 bits per heavy atom. The highest BCUT2D eigenvalue weighted by Crippen LogP contribution is 2.36. The molecule has 2 heterocycles. The molecule has 2 aliphatic rings. The van der Waals surface area contributed by atoms with Crippen LogP contribution in [0.25, 0.3) is 0 Å². The number of hydrazine groups is 1. The van der Waals surface area contributed by atoms with Crippen molar-refractivity contribution in [2.75, 3.05) is 0 Å². The first kappa shape index (κ1) is 7.53. The van der Waals surface area contributed by atoms with E-state index in [1.54, 1.807) is 0 Å². The summed E-state index contributed by atoms with van der Waals surface area (Å²) in [5.41, 5.74) is 6.12. The first-order chi connectivity index (χ1) is 5.08. The lowest BCUT2D eigenvalue weighted by atomic mass is 9.86. The van der Waals surface area contributed by atoms with Crippen molar-refractivity contribution in [2.45, 2.75) is 50.2 Å². The summed E-state index contributed by atoms with van der Waals surface area (Å²) >= 11 is 0. The summed E-state index contributed by atoms with van der Waals surface area (Å²) in [6.07, 6.45) is 4.63. The zero-order valence-electron chi connectivity index (χ0n) is 7.09. The third-order valence-electron chi connectivity index (χ3n) is 3.08. The second kappa shape index (κ2) is 2.19. The monoisotopic (exact) mass is 155 g/mol. The molecule has 4 N–H and O–H groups in total. The molecule has 0 radical (unpaired) electrons. The lowest BCUT2D eigenvalue weighted by Gasteiger charge is -2.40. The zero-order valence-corrected chi connectivity index (χ0v) is 7.09. The predicted molar refractivity (Wildman–Crippen MR) is 44.7 cm³/mol. The average molecular weight is 155 g/mol. The van der Waals surface area contributed by atoms with Crippen molar-refractivity contribution in [1.29, 1.82) is 0 Å². The van der Waals surface area contributed by atoms with Crippen LogP contribution in [0.2, 0.25) is 0 Å². The van der Waals surface area contributed by atoms with Gasteiger partial charge in [0.05, 0.1) is 0 Å². The predicted octanol–water partition coefficient (Wildman–Crippen LogP) is 0.204. The van der Waals surface area contributed by atoms with Crippen molar-refractivity contribution >= 4 is 0 Å². The molecular formula is C8H17N3. The van der Waals surface area contributed by atoms with E-state index in [1.807, 2.05) is 5.01 Å². The van der Waals surface area contributed by atoms with Crippen LogP contribution >= 0.6 is 0 Å². The van der Waals surface area contributed by atoms with Crippen LogP contribution < -0.4 is 11.6 Å². The Bertz CT molecular complexity index is 151. The fraction of sp³-hybridized carbons (Fsp3) is 1.00. The molecule has 3 heteroatoms. The minimum atomic E-state index is 0.0434. The van der Waals surface area contributed by atoms with E-state index < -0.39 is 0 Å². The van der Waals surface area contributed by atoms with Crippen molar-refractivity contribution in [3.8, 4) is 0 Å². The molecule has 0 spiro atoms. The molecule has 3 atom stereocenters. The van der Waals surface area contributed by atoms with Crippen LogP contribution in [0, 0.1) is 0 Å². The maximum absolute atomic E-state index is 6.08. The molecule has 2 saturated heterocycles. The quantitative estimate of drug-likeness (QED) is 0.491. The lowest BCUT2D eigenvalue weighted by molar-refractivity contribution is 0.0954. The van der Waals surface area contributed by atoms with E-state index in [4.69, 9.17) is 11.6 Å². The molecule has 3 nitrogen and oxygen atoms in total. The van der Waals surface area contributed by atoms with Gasteiger partial charge in [-0.2, -0.15) is 0 Å². The largest absolute Gasteiger partial charge is 0.325 e. The van der Waals surface area contributed by atoms with Gasteiger partial charge in [-0.15, -0.1) is 0 Å². The molecule has 2 bridgehead atoms. The number of hydrogen-bond acceptors (Lipinski definition) is 3. The second-order valence-corrected chi connectivity index (χ2v) is 4.39. The van der Waals surface area contributed by atoms with Gasteiger partial charge in [0.1, 0.15) is 0 Å². The van der Waals surface area contributed by atoms with Crippen LogP contribution in [0.15, 0.2) is 0 Å². The molecule has 0 unspecified atom stereocenters. The average Bonchev–Trinajstić information content (AvgIpc) is 2.19. The zero-order chi connectivity index (χ0) is 8.06. The highest BCUT2D eigenvalue weighted by molar-refractivity contribution is 5.00. The Balaban J connectivity index is 2.14. The van der Waals surface area contributed by atoms with Gasteiger partial charge in [0, 0.05) is 17.6 Å². The number of rotatable bonds is 0. The Labute approximate surface area is 67.7 Å². The summed E-state index contributed by atoms with van der Waals surface area (Å²) in [6, 6.07) is 1.12. The first-order valence-corrected chi connectivity index (χ1v) is 4.40. The molecular weight excluding hydrogens is 138 g/mol. The van der Waals surface area contributed by atoms with Gasteiger partial charge in [-0.25, -0.2) is 5.01 Å². The fourth-order valence-electron chi connectivity index (χ4n) is 2.56. The summed E-state index contributed by atoms with van der Waals surface area (Å²) < 4.78 is 0. The first-order valence-electron chi connectivity index (χ1n) is 4.40. The van der Waals surface area contributed by atoms with Gasteiger partial charge in [0.2, 0.25) is 0 Å². The molecule has 2 rings (SSSR count). The van der Waals surface area contributed by atoms with Gasteiger partial charge in [-0.1, -0.05) is 0 Å². The molecule has 0 amide bonds. The Morgan fingerprint density at radius 2 is 1.73 bits per heavy atom. The SMILES string of the molecule is C[C@]1(N)C[C@H]2CC[C@@H](C1)N2N. The smallest absolute Gasteiger partial charge is 0.0262 e. The number of nitrogens with zero attached hydrogens (tertiary/aromatic N) is 1. The number of hydrogen-bond donors (Lipinski definition) is 2. The van der Waals surface area contributed by atoms with Crippen molar-refractivity contribution in [1.82, 2.24) is 5.01 Å². The topological polar surface area (TPSA) is 55.3 Å².